The average Bonchev–Trinajstić information content (AvgIpc) is 2.86. The van der Waals surface area contributed by atoms with E-state index in [-0.39, 0.29) is 0 Å². The van der Waals surface area contributed by atoms with E-state index in [1.165, 1.54) is 40.8 Å². The van der Waals surface area contributed by atoms with Crippen LogP contribution in [0.5, 0.6) is 0 Å². The molecule has 3 rings (SSSR count). The summed E-state index contributed by atoms with van der Waals surface area (Å²) in [5.74, 6) is 0.544. The summed E-state index contributed by atoms with van der Waals surface area (Å²) in [5, 5.41) is 0. The third kappa shape index (κ3) is 1.82. The molecule has 2 heteroatoms. The van der Waals surface area contributed by atoms with Crippen molar-refractivity contribution in [3.8, 4) is 11.1 Å². The number of aryl methyl sites for hydroxylation is 1. The van der Waals surface area contributed by atoms with Crippen molar-refractivity contribution in [2.45, 2.75) is 39.0 Å². The molecule has 0 N–H and O–H groups in total. The fourth-order valence-electron chi connectivity index (χ4n) is 2.96. The summed E-state index contributed by atoms with van der Waals surface area (Å²) in [6.45, 7) is 4.55. The minimum absolute atomic E-state index is 0.544. The lowest BCUT2D eigenvalue weighted by molar-refractivity contribution is 0.839. The number of nitrogens with zero attached hydrogens (tertiary/aromatic N) is 2. The van der Waals surface area contributed by atoms with E-state index >= 15 is 0 Å². The fraction of sp³-hybridized carbons (Fsp3) is 0.375. The Labute approximate surface area is 108 Å². The first-order valence-electron chi connectivity index (χ1n) is 6.68. The average molecular weight is 238 g/mol. The van der Waals surface area contributed by atoms with Crippen molar-refractivity contribution >= 4 is 0 Å². The number of hydrogen-bond donors (Lipinski definition) is 0. The normalized spacial score (nSPS) is 13.9. The number of rotatable bonds is 2. The minimum atomic E-state index is 0.544. The summed E-state index contributed by atoms with van der Waals surface area (Å²) in [7, 11) is 0. The highest BCUT2D eigenvalue weighted by Gasteiger charge is 2.21. The minimum Gasteiger partial charge on any atom is -0.265 e. The van der Waals surface area contributed by atoms with Gasteiger partial charge in [0.15, 0.2) is 0 Å². The van der Waals surface area contributed by atoms with E-state index < -0.39 is 0 Å². The lowest BCUT2D eigenvalue weighted by Crippen LogP contribution is -2.01. The molecule has 0 atom stereocenters. The molecule has 0 aromatic carbocycles. The molecule has 0 fully saturated rings. The Morgan fingerprint density at radius 1 is 1.11 bits per heavy atom. The second-order valence-corrected chi connectivity index (χ2v) is 5.25. The second-order valence-electron chi connectivity index (χ2n) is 5.25. The highest BCUT2D eigenvalue weighted by molar-refractivity contribution is 5.69. The van der Waals surface area contributed by atoms with Crippen molar-refractivity contribution in [2.75, 3.05) is 0 Å². The highest BCUT2D eigenvalue weighted by atomic mass is 14.7. The maximum Gasteiger partial charge on any atom is 0.0438 e. The molecule has 0 spiro atoms. The van der Waals surface area contributed by atoms with Crippen molar-refractivity contribution in [1.82, 2.24) is 9.97 Å². The van der Waals surface area contributed by atoms with Crippen molar-refractivity contribution in [3.63, 3.8) is 0 Å². The molecule has 0 radical (unpaired) electrons. The number of fused-ring (bicyclic) bond motifs is 1. The van der Waals surface area contributed by atoms with Gasteiger partial charge in [-0.15, -0.1) is 0 Å². The maximum absolute atomic E-state index is 4.66. The van der Waals surface area contributed by atoms with Gasteiger partial charge in [-0.05, 0) is 54.0 Å². The van der Waals surface area contributed by atoms with Gasteiger partial charge in [-0.2, -0.15) is 0 Å². The van der Waals surface area contributed by atoms with Crippen molar-refractivity contribution in [2.24, 2.45) is 0 Å². The van der Waals surface area contributed by atoms with E-state index in [9.17, 15) is 0 Å². The van der Waals surface area contributed by atoms with Crippen LogP contribution in [0.4, 0.5) is 0 Å². The molecule has 2 aromatic rings. The topological polar surface area (TPSA) is 25.8 Å². The second kappa shape index (κ2) is 4.52. The summed E-state index contributed by atoms with van der Waals surface area (Å²) < 4.78 is 0. The molecular weight excluding hydrogens is 220 g/mol. The van der Waals surface area contributed by atoms with Gasteiger partial charge in [0.1, 0.15) is 0 Å². The zero-order chi connectivity index (χ0) is 12.5. The van der Waals surface area contributed by atoms with Crippen molar-refractivity contribution in [1.29, 1.82) is 0 Å². The first-order chi connectivity index (χ1) is 8.77. The summed E-state index contributed by atoms with van der Waals surface area (Å²) in [5.41, 5.74) is 6.82. The summed E-state index contributed by atoms with van der Waals surface area (Å²) in [6, 6.07) is 4.15. The Morgan fingerprint density at radius 2 is 1.89 bits per heavy atom. The molecule has 0 saturated heterocycles. The van der Waals surface area contributed by atoms with E-state index in [2.05, 4.69) is 42.1 Å². The smallest absolute Gasteiger partial charge is 0.0438 e. The molecule has 2 nitrogen and oxygen atoms in total. The number of hydrogen-bond acceptors (Lipinski definition) is 2. The Morgan fingerprint density at radius 3 is 2.61 bits per heavy atom. The van der Waals surface area contributed by atoms with Crippen molar-refractivity contribution in [3.05, 3.63) is 47.5 Å². The van der Waals surface area contributed by atoms with Gasteiger partial charge in [-0.25, -0.2) is 0 Å². The molecule has 0 saturated carbocycles. The van der Waals surface area contributed by atoms with Gasteiger partial charge < -0.3 is 0 Å². The molecule has 0 unspecified atom stereocenters. The Bertz CT molecular complexity index is 559. The van der Waals surface area contributed by atoms with Gasteiger partial charge in [-0.1, -0.05) is 13.8 Å². The lowest BCUT2D eigenvalue weighted by atomic mass is 9.90. The quantitative estimate of drug-likeness (QED) is 0.796. The van der Waals surface area contributed by atoms with Crippen LogP contribution in [0, 0.1) is 0 Å². The molecular formula is C16H18N2. The Kier molecular flexibility index (Phi) is 2.86. The van der Waals surface area contributed by atoms with E-state index in [0.29, 0.717) is 5.92 Å². The van der Waals surface area contributed by atoms with Gasteiger partial charge in [0.2, 0.25) is 0 Å². The van der Waals surface area contributed by atoms with Crippen molar-refractivity contribution < 1.29 is 0 Å². The zero-order valence-corrected chi connectivity index (χ0v) is 11.0. The van der Waals surface area contributed by atoms with Crippen LogP contribution in [0.15, 0.2) is 30.7 Å². The molecule has 0 aliphatic heterocycles. The predicted molar refractivity (Wildman–Crippen MR) is 73.6 cm³/mol. The molecule has 0 bridgehead atoms. The number of aromatic nitrogens is 2. The third-order valence-corrected chi connectivity index (χ3v) is 3.72. The fourth-order valence-corrected chi connectivity index (χ4v) is 2.96. The lowest BCUT2D eigenvalue weighted by Gasteiger charge is -2.17. The van der Waals surface area contributed by atoms with E-state index in [1.807, 2.05) is 12.4 Å². The molecule has 2 heterocycles. The van der Waals surface area contributed by atoms with Gasteiger partial charge in [0.05, 0.1) is 0 Å². The van der Waals surface area contributed by atoms with Crippen LogP contribution in [0.25, 0.3) is 11.1 Å². The van der Waals surface area contributed by atoms with Crippen LogP contribution in [0.2, 0.25) is 0 Å². The van der Waals surface area contributed by atoms with E-state index in [1.54, 1.807) is 0 Å². The standard InChI is InChI=1S/C16H18N2/c1-11(2)16-13-4-3-5-15(13)18-10-14(16)12-6-8-17-9-7-12/h6-11H,3-5H2,1-2H3. The molecule has 92 valence electrons. The van der Waals surface area contributed by atoms with Gasteiger partial charge in [-0.3, -0.25) is 9.97 Å². The van der Waals surface area contributed by atoms with E-state index in [4.69, 9.17) is 0 Å². The first-order valence-corrected chi connectivity index (χ1v) is 6.68. The summed E-state index contributed by atoms with van der Waals surface area (Å²) >= 11 is 0. The van der Waals surface area contributed by atoms with Crippen LogP contribution >= 0.6 is 0 Å². The zero-order valence-electron chi connectivity index (χ0n) is 11.0. The first kappa shape index (κ1) is 11.4. The summed E-state index contributed by atoms with van der Waals surface area (Å²) in [6.07, 6.45) is 9.34. The third-order valence-electron chi connectivity index (χ3n) is 3.72. The number of pyridine rings is 2. The molecule has 2 aromatic heterocycles. The van der Waals surface area contributed by atoms with Gasteiger partial charge >= 0.3 is 0 Å². The van der Waals surface area contributed by atoms with Crippen LogP contribution in [0.3, 0.4) is 0 Å². The van der Waals surface area contributed by atoms with Crippen LogP contribution in [-0.2, 0) is 12.8 Å². The molecule has 1 aliphatic rings. The highest BCUT2D eigenvalue weighted by Crippen LogP contribution is 2.35. The summed E-state index contributed by atoms with van der Waals surface area (Å²) in [4.78, 5) is 8.76. The monoisotopic (exact) mass is 238 g/mol. The van der Waals surface area contributed by atoms with Crippen LogP contribution < -0.4 is 0 Å². The SMILES string of the molecule is CC(C)c1c(-c2ccncc2)cnc2c1CCC2. The Hall–Kier alpha value is -1.70. The molecule has 0 amide bonds. The van der Waals surface area contributed by atoms with Crippen LogP contribution in [-0.4, -0.2) is 9.97 Å². The van der Waals surface area contributed by atoms with Gasteiger partial charge in [0, 0.05) is 29.8 Å². The predicted octanol–water partition coefficient (Wildman–Crippen LogP) is 3.76. The van der Waals surface area contributed by atoms with Crippen LogP contribution in [0.1, 0.15) is 43.0 Å². The van der Waals surface area contributed by atoms with E-state index in [0.717, 1.165) is 6.42 Å². The molecule has 18 heavy (non-hydrogen) atoms. The maximum atomic E-state index is 4.66. The largest absolute Gasteiger partial charge is 0.265 e. The molecule has 1 aliphatic carbocycles. The van der Waals surface area contributed by atoms with Gasteiger partial charge in [0.25, 0.3) is 0 Å². The Balaban J connectivity index is 2.21.